The molecule has 0 aromatic rings. The van der Waals surface area contributed by atoms with Crippen LogP contribution in [0.4, 0.5) is 0 Å². The standard InChI is InChI=1S/C37H64O31/c1-57-32-26(51)21(46)15(40)9(64-32)3-59-34-28(53)23(48)17(42)11(66-34)5-61-36-30(55)25(50)19(44)13(68-36)7-62-37-31(56)24(49)18(43)12(67-37)6-60-35-29(54)22(47)16(41)10(65-35)4-58-33-27(52)20(45)14(39)8(2-38)63-33/h8-56H,2-7H2,1H3/t8-,9?,10?,11-,12-,13?,14?,15-,16-,17?,18?,19-,20+,21?,22?,23+,24+,25?,26-,27?,28?,29-,30-,31?,32+,33-,34-,35?,36?,37-/m1/s1. The van der Waals surface area contributed by atoms with Crippen LogP contribution in [0.15, 0.2) is 0 Å². The molecule has 31 heteroatoms. The lowest BCUT2D eigenvalue weighted by Crippen LogP contribution is -2.63. The van der Waals surface area contributed by atoms with Gasteiger partial charge in [-0.25, -0.2) is 0 Å². The van der Waals surface area contributed by atoms with Gasteiger partial charge in [-0.2, -0.15) is 0 Å². The summed E-state index contributed by atoms with van der Waals surface area (Å²) in [6.45, 7) is -4.38. The van der Waals surface area contributed by atoms with Crippen LogP contribution in [0.2, 0.25) is 0 Å². The van der Waals surface area contributed by atoms with E-state index in [1.807, 2.05) is 0 Å². The normalized spacial score (nSPS) is 52.8. The molecule has 0 aromatic carbocycles. The summed E-state index contributed by atoms with van der Waals surface area (Å²) in [6.07, 6.45) is -52.8. The van der Waals surface area contributed by atoms with Gasteiger partial charge in [-0.3, -0.25) is 0 Å². The Bertz CT molecular complexity index is 1410. The first kappa shape index (κ1) is 56.1. The largest absolute Gasteiger partial charge is 0.394 e. The molecule has 6 heterocycles. The van der Waals surface area contributed by atoms with Gasteiger partial charge < -0.3 is 154 Å². The predicted molar refractivity (Wildman–Crippen MR) is 204 cm³/mol. The van der Waals surface area contributed by atoms with E-state index in [9.17, 15) is 97.0 Å². The van der Waals surface area contributed by atoms with Crippen LogP contribution in [0.25, 0.3) is 0 Å². The smallest absolute Gasteiger partial charge is 0.186 e. The van der Waals surface area contributed by atoms with Crippen LogP contribution in [0.3, 0.4) is 0 Å². The molecule has 0 radical (unpaired) electrons. The minimum atomic E-state index is -2.00. The van der Waals surface area contributed by atoms with Gasteiger partial charge in [0.1, 0.15) is 146 Å². The topological polar surface area (TPSA) is 495 Å². The fourth-order valence-corrected chi connectivity index (χ4v) is 8.17. The Morgan fingerprint density at radius 3 is 0.632 bits per heavy atom. The number of methoxy groups -OCH3 is 1. The molecule has 30 atom stereocenters. The highest BCUT2D eigenvalue weighted by Gasteiger charge is 2.52. The molecule has 0 amide bonds. The highest BCUT2D eigenvalue weighted by molar-refractivity contribution is 4.96. The molecular formula is C37H64O31. The van der Waals surface area contributed by atoms with E-state index >= 15 is 0 Å². The summed E-state index contributed by atoms with van der Waals surface area (Å²) in [5, 5.41) is 198. The molecule has 19 N–H and O–H groups in total. The van der Waals surface area contributed by atoms with Crippen molar-refractivity contribution in [3.8, 4) is 0 Å². The summed E-state index contributed by atoms with van der Waals surface area (Å²) in [7, 11) is 1.16. The molecule has 68 heavy (non-hydrogen) atoms. The first-order chi connectivity index (χ1) is 32.1. The van der Waals surface area contributed by atoms with E-state index in [1.165, 1.54) is 0 Å². The van der Waals surface area contributed by atoms with Gasteiger partial charge >= 0.3 is 0 Å². The van der Waals surface area contributed by atoms with Crippen molar-refractivity contribution in [1.29, 1.82) is 0 Å². The number of aliphatic hydroxyl groups is 19. The molecule has 0 saturated carbocycles. The summed E-state index contributed by atoms with van der Waals surface area (Å²) < 4.78 is 65.3. The Morgan fingerprint density at radius 1 is 0.250 bits per heavy atom. The highest BCUT2D eigenvalue weighted by atomic mass is 16.8. The molecular weight excluding hydrogens is 940 g/mol. The monoisotopic (exact) mass is 1000 g/mol. The molecule has 6 saturated heterocycles. The summed E-state index contributed by atoms with van der Waals surface area (Å²) >= 11 is 0. The van der Waals surface area contributed by atoms with E-state index in [0.717, 1.165) is 7.11 Å². The van der Waals surface area contributed by atoms with Crippen LogP contribution in [-0.2, 0) is 56.8 Å². The van der Waals surface area contributed by atoms with E-state index in [2.05, 4.69) is 0 Å². The number of hydrogen-bond donors (Lipinski definition) is 19. The van der Waals surface area contributed by atoms with Gasteiger partial charge in [-0.1, -0.05) is 0 Å². The van der Waals surface area contributed by atoms with E-state index in [4.69, 9.17) is 56.8 Å². The zero-order valence-electron chi connectivity index (χ0n) is 36.0. The zero-order valence-corrected chi connectivity index (χ0v) is 36.0. The minimum absolute atomic E-state index is 0.606. The van der Waals surface area contributed by atoms with E-state index < -0.39 is 224 Å². The average molecular weight is 1000 g/mol. The quantitative estimate of drug-likeness (QED) is 0.0643. The second-order valence-corrected chi connectivity index (χ2v) is 17.2. The van der Waals surface area contributed by atoms with Crippen molar-refractivity contribution in [1.82, 2.24) is 0 Å². The molecule has 0 aliphatic carbocycles. The lowest BCUT2D eigenvalue weighted by molar-refractivity contribution is -0.352. The van der Waals surface area contributed by atoms with Crippen LogP contribution in [-0.4, -0.2) is 328 Å². The summed E-state index contributed by atoms with van der Waals surface area (Å²) in [5.74, 6) is 0. The van der Waals surface area contributed by atoms with Crippen molar-refractivity contribution in [3.63, 3.8) is 0 Å². The van der Waals surface area contributed by atoms with Gasteiger partial charge in [0.25, 0.3) is 0 Å². The Kier molecular flexibility index (Phi) is 19.9. The van der Waals surface area contributed by atoms with E-state index in [1.54, 1.807) is 0 Å². The maximum absolute atomic E-state index is 10.7. The minimum Gasteiger partial charge on any atom is -0.394 e. The summed E-state index contributed by atoms with van der Waals surface area (Å²) in [6, 6.07) is 0. The van der Waals surface area contributed by atoms with Crippen molar-refractivity contribution in [2.45, 2.75) is 184 Å². The van der Waals surface area contributed by atoms with Crippen LogP contribution >= 0.6 is 0 Å². The van der Waals surface area contributed by atoms with Gasteiger partial charge in [-0.15, -0.1) is 0 Å². The van der Waals surface area contributed by atoms with Crippen LogP contribution in [0.1, 0.15) is 0 Å². The number of aliphatic hydroxyl groups excluding tert-OH is 19. The van der Waals surface area contributed by atoms with E-state index in [-0.39, 0.29) is 0 Å². The molecule has 6 rings (SSSR count). The molecule has 6 fully saturated rings. The Hall–Kier alpha value is -1.24. The Balaban J connectivity index is 1.01. The van der Waals surface area contributed by atoms with Crippen molar-refractivity contribution in [2.24, 2.45) is 0 Å². The highest BCUT2D eigenvalue weighted by Crippen LogP contribution is 2.31. The molecule has 14 unspecified atom stereocenters. The van der Waals surface area contributed by atoms with Crippen LogP contribution in [0, 0.1) is 0 Å². The second-order valence-electron chi connectivity index (χ2n) is 17.2. The maximum Gasteiger partial charge on any atom is 0.186 e. The molecule has 31 nitrogen and oxygen atoms in total. The lowest BCUT2D eigenvalue weighted by Gasteiger charge is -2.44. The second kappa shape index (κ2) is 24.2. The van der Waals surface area contributed by atoms with Crippen molar-refractivity contribution in [2.75, 3.05) is 46.8 Å². The predicted octanol–water partition coefficient (Wildman–Crippen LogP) is -13.4. The molecule has 6 aliphatic rings. The Labute approximate surface area is 384 Å². The number of hydrogen-bond acceptors (Lipinski definition) is 31. The van der Waals surface area contributed by atoms with E-state index in [0.29, 0.717) is 0 Å². The van der Waals surface area contributed by atoms with Crippen molar-refractivity contribution in [3.05, 3.63) is 0 Å². The lowest BCUT2D eigenvalue weighted by atomic mass is 9.97. The van der Waals surface area contributed by atoms with Gasteiger partial charge in [0.05, 0.1) is 39.6 Å². The third-order valence-electron chi connectivity index (χ3n) is 12.5. The number of rotatable bonds is 17. The molecule has 398 valence electrons. The first-order valence-electron chi connectivity index (χ1n) is 21.5. The Morgan fingerprint density at radius 2 is 0.426 bits per heavy atom. The van der Waals surface area contributed by atoms with Crippen molar-refractivity contribution >= 4 is 0 Å². The molecule has 0 bridgehead atoms. The van der Waals surface area contributed by atoms with Gasteiger partial charge in [0.15, 0.2) is 37.7 Å². The SMILES string of the molecule is CO[C@H]1OC(CO[C@@H]2O[C@H](COC3OC(CO[C@@H]4O[C@H](COC5OC(CO[C@@H]6O[C@H](CO)C(O)[C@H](O)C6O)[C@@H](O)C(O)[C@H]5O)C(O)[C@H](O)C4O)[C@@H](O)C(O)[C@H]3O)C(O)[C@H](O)C2O)[C@@H](O)C(O)[C@H]1O. The van der Waals surface area contributed by atoms with Crippen LogP contribution in [0.5, 0.6) is 0 Å². The number of ether oxygens (including phenoxy) is 12. The van der Waals surface area contributed by atoms with Gasteiger partial charge in [0.2, 0.25) is 0 Å². The summed E-state index contributed by atoms with van der Waals surface area (Å²) in [4.78, 5) is 0. The van der Waals surface area contributed by atoms with Gasteiger partial charge in [-0.05, 0) is 0 Å². The molecule has 6 aliphatic heterocycles. The molecule has 0 spiro atoms. The summed E-state index contributed by atoms with van der Waals surface area (Å²) in [5.41, 5.74) is 0. The first-order valence-corrected chi connectivity index (χ1v) is 21.5. The average Bonchev–Trinajstić information content (AvgIpc) is 3.33. The third-order valence-corrected chi connectivity index (χ3v) is 12.5. The fraction of sp³-hybridized carbons (Fsp3) is 1.00. The third kappa shape index (κ3) is 12.1. The van der Waals surface area contributed by atoms with Crippen LogP contribution < -0.4 is 0 Å². The maximum atomic E-state index is 10.7. The molecule has 0 aromatic heterocycles. The van der Waals surface area contributed by atoms with Gasteiger partial charge in [0, 0.05) is 7.11 Å². The fourth-order valence-electron chi connectivity index (χ4n) is 8.17. The zero-order chi connectivity index (χ0) is 50.0. The van der Waals surface area contributed by atoms with Crippen molar-refractivity contribution < 1.29 is 154 Å².